The molecule has 0 aliphatic rings. The van der Waals surface area contributed by atoms with Gasteiger partial charge in [-0.05, 0) is 51.8 Å². The summed E-state index contributed by atoms with van der Waals surface area (Å²) in [6.07, 6.45) is 2.01. The van der Waals surface area contributed by atoms with Crippen molar-refractivity contribution in [1.82, 2.24) is 10.6 Å². The number of guanidine groups is 1. The Morgan fingerprint density at radius 1 is 1.11 bits per heavy atom. The normalized spacial score (nSPS) is 12.1. The van der Waals surface area contributed by atoms with Crippen molar-refractivity contribution in [1.29, 1.82) is 0 Å². The van der Waals surface area contributed by atoms with Crippen LogP contribution in [0.2, 0.25) is 0 Å². The van der Waals surface area contributed by atoms with Crippen LogP contribution in [0.15, 0.2) is 23.2 Å². The minimum absolute atomic E-state index is 0. The van der Waals surface area contributed by atoms with E-state index >= 15 is 0 Å². The van der Waals surface area contributed by atoms with Crippen LogP contribution in [0, 0.1) is 0 Å². The van der Waals surface area contributed by atoms with Crippen molar-refractivity contribution in [3.8, 4) is 11.5 Å². The van der Waals surface area contributed by atoms with Gasteiger partial charge in [-0.1, -0.05) is 6.07 Å². The van der Waals surface area contributed by atoms with Crippen LogP contribution < -0.4 is 20.1 Å². The minimum Gasteiger partial charge on any atom is -0.490 e. The van der Waals surface area contributed by atoms with Gasteiger partial charge in [0, 0.05) is 26.4 Å². The number of aliphatic imine (C=N–C) groups is 1. The molecule has 1 aromatic carbocycles. The Kier molecular flexibility index (Phi) is 11.8. The van der Waals surface area contributed by atoms with Gasteiger partial charge in [0.25, 0.3) is 0 Å². The van der Waals surface area contributed by atoms with Crippen molar-refractivity contribution >= 4 is 39.8 Å². The van der Waals surface area contributed by atoms with E-state index in [0.717, 1.165) is 23.5 Å². The second kappa shape index (κ2) is 12.4. The number of rotatable bonds is 10. The molecule has 0 aromatic heterocycles. The zero-order chi connectivity index (χ0) is 20.5. The van der Waals surface area contributed by atoms with E-state index in [-0.39, 0.29) is 30.5 Å². The van der Waals surface area contributed by atoms with Crippen molar-refractivity contribution in [2.24, 2.45) is 4.99 Å². The SMILES string of the molecule is CCOc1ccc(CCNC(=NC)NCC(C)(C)S(C)(=O)=O)cc1OCC.I. The molecule has 7 nitrogen and oxygen atoms in total. The van der Waals surface area contributed by atoms with Crippen LogP contribution in [0.25, 0.3) is 0 Å². The summed E-state index contributed by atoms with van der Waals surface area (Å²) in [5, 5.41) is 6.28. The number of ether oxygens (including phenoxy) is 2. The van der Waals surface area contributed by atoms with Gasteiger partial charge < -0.3 is 20.1 Å². The lowest BCUT2D eigenvalue weighted by molar-refractivity contribution is 0.287. The quantitative estimate of drug-likeness (QED) is 0.276. The first-order valence-electron chi connectivity index (χ1n) is 9.17. The highest BCUT2D eigenvalue weighted by atomic mass is 127. The van der Waals surface area contributed by atoms with E-state index in [4.69, 9.17) is 9.47 Å². The molecule has 0 radical (unpaired) electrons. The average molecular weight is 527 g/mol. The van der Waals surface area contributed by atoms with Gasteiger partial charge in [-0.15, -0.1) is 24.0 Å². The highest BCUT2D eigenvalue weighted by Crippen LogP contribution is 2.28. The average Bonchev–Trinajstić information content (AvgIpc) is 2.59. The number of benzene rings is 1. The molecule has 0 unspecified atom stereocenters. The molecule has 0 aliphatic carbocycles. The number of nitrogens with zero attached hydrogens (tertiary/aromatic N) is 1. The second-order valence-corrected chi connectivity index (χ2v) is 9.43. The topological polar surface area (TPSA) is 89.0 Å². The minimum atomic E-state index is -3.16. The molecule has 0 atom stereocenters. The molecule has 9 heteroatoms. The fourth-order valence-corrected chi connectivity index (χ4v) is 2.56. The largest absolute Gasteiger partial charge is 0.490 e. The van der Waals surface area contributed by atoms with E-state index < -0.39 is 14.6 Å². The van der Waals surface area contributed by atoms with Crippen LogP contribution in [0.4, 0.5) is 0 Å². The zero-order valence-corrected chi connectivity index (χ0v) is 20.8. The maximum absolute atomic E-state index is 11.8. The lowest BCUT2D eigenvalue weighted by Crippen LogP contribution is -2.48. The Hall–Kier alpha value is -1.23. The maximum atomic E-state index is 11.8. The Balaban J connectivity index is 0.00000729. The predicted molar refractivity (Wildman–Crippen MR) is 126 cm³/mol. The standard InChI is InChI=1S/C19H33N3O4S.HI/c1-7-25-16-10-9-15(13-17(16)26-8-2)11-12-21-18(20-5)22-14-19(3,4)27(6,23)24;/h9-10,13H,7-8,11-12,14H2,1-6H3,(H2,20,21,22);1H. The number of halogens is 1. The summed E-state index contributed by atoms with van der Waals surface area (Å²) < 4.78 is 33.9. The number of nitrogens with one attached hydrogen (secondary N) is 2. The summed E-state index contributed by atoms with van der Waals surface area (Å²) in [5.41, 5.74) is 1.11. The Morgan fingerprint density at radius 3 is 2.25 bits per heavy atom. The number of hydrogen-bond acceptors (Lipinski definition) is 5. The first-order chi connectivity index (χ1) is 12.6. The molecule has 0 bridgehead atoms. The molecule has 0 heterocycles. The van der Waals surface area contributed by atoms with Gasteiger partial charge in [-0.25, -0.2) is 8.42 Å². The van der Waals surface area contributed by atoms with Crippen molar-refractivity contribution in [2.45, 2.75) is 38.9 Å². The summed E-state index contributed by atoms with van der Waals surface area (Å²) >= 11 is 0. The van der Waals surface area contributed by atoms with Crippen LogP contribution in [-0.2, 0) is 16.3 Å². The molecule has 2 N–H and O–H groups in total. The number of hydrogen-bond donors (Lipinski definition) is 2. The predicted octanol–water partition coefficient (Wildman–Crippen LogP) is 2.63. The molecule has 0 saturated heterocycles. The smallest absolute Gasteiger partial charge is 0.191 e. The summed E-state index contributed by atoms with van der Waals surface area (Å²) in [6, 6.07) is 5.92. The fraction of sp³-hybridized carbons (Fsp3) is 0.632. The van der Waals surface area contributed by atoms with E-state index in [0.29, 0.717) is 25.7 Å². The van der Waals surface area contributed by atoms with E-state index in [9.17, 15) is 8.42 Å². The maximum Gasteiger partial charge on any atom is 0.191 e. The van der Waals surface area contributed by atoms with E-state index in [2.05, 4.69) is 15.6 Å². The van der Waals surface area contributed by atoms with Gasteiger partial charge in [-0.2, -0.15) is 0 Å². The zero-order valence-electron chi connectivity index (χ0n) is 17.7. The molecule has 162 valence electrons. The molecule has 1 rings (SSSR count). The summed E-state index contributed by atoms with van der Waals surface area (Å²) in [6.45, 7) is 9.37. The van der Waals surface area contributed by atoms with Gasteiger partial charge in [0.2, 0.25) is 0 Å². The third-order valence-electron chi connectivity index (χ3n) is 4.22. The van der Waals surface area contributed by atoms with E-state index in [1.54, 1.807) is 20.9 Å². The van der Waals surface area contributed by atoms with E-state index in [1.165, 1.54) is 6.26 Å². The van der Waals surface area contributed by atoms with Crippen LogP contribution in [-0.4, -0.2) is 58.7 Å². The molecule has 0 spiro atoms. The lowest BCUT2D eigenvalue weighted by Gasteiger charge is -2.24. The molecule has 0 saturated carbocycles. The van der Waals surface area contributed by atoms with Gasteiger partial charge in [0.1, 0.15) is 0 Å². The third-order valence-corrected chi connectivity index (χ3v) is 6.37. The van der Waals surface area contributed by atoms with Gasteiger partial charge in [0.05, 0.1) is 18.0 Å². The monoisotopic (exact) mass is 527 g/mol. The molecule has 0 fully saturated rings. The van der Waals surface area contributed by atoms with Crippen LogP contribution >= 0.6 is 24.0 Å². The van der Waals surface area contributed by atoms with Crippen molar-refractivity contribution < 1.29 is 17.9 Å². The summed E-state index contributed by atoms with van der Waals surface area (Å²) in [4.78, 5) is 4.14. The number of sulfone groups is 1. The van der Waals surface area contributed by atoms with Crippen molar-refractivity contribution in [3.05, 3.63) is 23.8 Å². The van der Waals surface area contributed by atoms with E-state index in [1.807, 2.05) is 32.0 Å². The van der Waals surface area contributed by atoms with Crippen molar-refractivity contribution in [2.75, 3.05) is 39.6 Å². The van der Waals surface area contributed by atoms with Gasteiger partial charge >= 0.3 is 0 Å². The molecule has 0 aliphatic heterocycles. The third kappa shape index (κ3) is 8.42. The Morgan fingerprint density at radius 2 is 1.71 bits per heavy atom. The molecular formula is C19H34IN3O4S. The van der Waals surface area contributed by atoms with Crippen molar-refractivity contribution in [3.63, 3.8) is 0 Å². The Labute approximate surface area is 186 Å². The summed E-state index contributed by atoms with van der Waals surface area (Å²) in [5.74, 6) is 2.06. The van der Waals surface area contributed by atoms with Crippen LogP contribution in [0.1, 0.15) is 33.3 Å². The van der Waals surface area contributed by atoms with Gasteiger partial charge in [-0.3, -0.25) is 4.99 Å². The molecular weight excluding hydrogens is 493 g/mol. The van der Waals surface area contributed by atoms with Crippen LogP contribution in [0.3, 0.4) is 0 Å². The summed E-state index contributed by atoms with van der Waals surface area (Å²) in [7, 11) is -1.50. The first kappa shape index (κ1) is 26.8. The highest BCUT2D eigenvalue weighted by Gasteiger charge is 2.30. The molecule has 1 aromatic rings. The molecule has 28 heavy (non-hydrogen) atoms. The first-order valence-corrected chi connectivity index (χ1v) is 11.1. The van der Waals surface area contributed by atoms with Gasteiger partial charge in [0.15, 0.2) is 27.3 Å². The fourth-order valence-electron chi connectivity index (χ4n) is 2.22. The molecule has 0 amide bonds. The Bertz CT molecular complexity index is 737. The highest BCUT2D eigenvalue weighted by molar-refractivity contribution is 14.0. The van der Waals surface area contributed by atoms with Crippen LogP contribution in [0.5, 0.6) is 11.5 Å². The second-order valence-electron chi connectivity index (χ2n) is 6.78. The lowest BCUT2D eigenvalue weighted by atomic mass is 10.1.